The first-order valence-corrected chi connectivity index (χ1v) is 11.6. The molecule has 1 saturated heterocycles. The molecule has 4 aromatic rings. The minimum Gasteiger partial charge on any atom is -0.494 e. The summed E-state index contributed by atoms with van der Waals surface area (Å²) in [6.07, 6.45) is 4.24. The van der Waals surface area contributed by atoms with Crippen molar-refractivity contribution in [2.24, 2.45) is 0 Å². The highest BCUT2D eigenvalue weighted by molar-refractivity contribution is 5.69. The van der Waals surface area contributed by atoms with E-state index in [-0.39, 0.29) is 17.7 Å². The Morgan fingerprint density at radius 3 is 2.71 bits per heavy atom. The molecule has 0 saturated carbocycles. The standard InChI is InChI=1S/C25H28FN7O2/c1-17(34)16-31-9-11-32(12-10-31)18-6-7-20(22(13-18)35-2)29-25-28-14-19(26)24(30-25)21-15-27-23-5-3-4-8-33(21)23/h3-8,13-15,17,34H,9-12,16H2,1-2H3,(H,28,29,30)/t17-/m0/s1. The van der Waals surface area contributed by atoms with Crippen molar-refractivity contribution in [1.29, 1.82) is 0 Å². The van der Waals surface area contributed by atoms with Crippen LogP contribution in [0.25, 0.3) is 17.0 Å². The number of fused-ring (bicyclic) bond motifs is 1. The molecule has 1 fully saturated rings. The van der Waals surface area contributed by atoms with Gasteiger partial charge in [0.05, 0.1) is 37.0 Å². The van der Waals surface area contributed by atoms with Gasteiger partial charge in [0.15, 0.2) is 5.82 Å². The molecule has 0 aliphatic carbocycles. The van der Waals surface area contributed by atoms with Crippen LogP contribution in [0.2, 0.25) is 0 Å². The summed E-state index contributed by atoms with van der Waals surface area (Å²) in [6.45, 7) is 6.02. The van der Waals surface area contributed by atoms with Crippen molar-refractivity contribution in [2.75, 3.05) is 50.1 Å². The van der Waals surface area contributed by atoms with E-state index in [0.29, 0.717) is 29.3 Å². The number of ether oxygens (including phenoxy) is 1. The number of nitrogens with one attached hydrogen (secondary N) is 1. The lowest BCUT2D eigenvalue weighted by atomic mass is 10.2. The van der Waals surface area contributed by atoms with Crippen LogP contribution >= 0.6 is 0 Å². The number of anilines is 3. The second-order valence-electron chi connectivity index (χ2n) is 8.61. The summed E-state index contributed by atoms with van der Waals surface area (Å²) in [4.78, 5) is 17.4. The van der Waals surface area contributed by atoms with Gasteiger partial charge in [-0.2, -0.15) is 0 Å². The summed E-state index contributed by atoms with van der Waals surface area (Å²) in [5, 5.41) is 12.8. The first-order chi connectivity index (χ1) is 17.0. The number of aliphatic hydroxyl groups excluding tert-OH is 1. The summed E-state index contributed by atoms with van der Waals surface area (Å²) in [5.74, 6) is 0.363. The van der Waals surface area contributed by atoms with Crippen molar-refractivity contribution in [3.63, 3.8) is 0 Å². The molecule has 5 rings (SSSR count). The number of rotatable bonds is 7. The maximum atomic E-state index is 14.7. The van der Waals surface area contributed by atoms with Gasteiger partial charge < -0.3 is 20.1 Å². The maximum Gasteiger partial charge on any atom is 0.228 e. The second kappa shape index (κ2) is 9.85. The van der Waals surface area contributed by atoms with Gasteiger partial charge in [-0.15, -0.1) is 0 Å². The molecule has 3 aromatic heterocycles. The summed E-state index contributed by atoms with van der Waals surface area (Å²) < 4.78 is 22.1. The monoisotopic (exact) mass is 477 g/mol. The molecule has 0 bridgehead atoms. The topological polar surface area (TPSA) is 91.0 Å². The minimum absolute atomic E-state index is 0.159. The number of piperazine rings is 1. The van der Waals surface area contributed by atoms with Gasteiger partial charge in [-0.3, -0.25) is 9.30 Å². The van der Waals surface area contributed by atoms with Gasteiger partial charge in [-0.05, 0) is 31.2 Å². The van der Waals surface area contributed by atoms with Crippen molar-refractivity contribution in [1.82, 2.24) is 24.3 Å². The molecule has 0 unspecified atom stereocenters. The highest BCUT2D eigenvalue weighted by atomic mass is 19.1. The quantitative estimate of drug-likeness (QED) is 0.420. The number of benzene rings is 1. The van der Waals surface area contributed by atoms with E-state index in [9.17, 15) is 9.50 Å². The zero-order chi connectivity index (χ0) is 24.4. The molecule has 10 heteroatoms. The van der Waals surface area contributed by atoms with E-state index in [0.717, 1.165) is 38.1 Å². The predicted octanol–water partition coefficient (Wildman–Crippen LogP) is 3.19. The minimum atomic E-state index is -0.529. The van der Waals surface area contributed by atoms with Gasteiger partial charge in [-0.25, -0.2) is 19.3 Å². The molecule has 0 spiro atoms. The third-order valence-electron chi connectivity index (χ3n) is 6.10. The Morgan fingerprint density at radius 2 is 1.94 bits per heavy atom. The summed E-state index contributed by atoms with van der Waals surface area (Å²) in [7, 11) is 1.61. The summed E-state index contributed by atoms with van der Waals surface area (Å²) in [5.41, 5.74) is 3.14. The van der Waals surface area contributed by atoms with Crippen LogP contribution in [0.15, 0.2) is 55.0 Å². The molecule has 1 aliphatic rings. The second-order valence-corrected chi connectivity index (χ2v) is 8.61. The molecule has 0 amide bonds. The Labute approximate surface area is 202 Å². The number of methoxy groups -OCH3 is 1. The zero-order valence-electron chi connectivity index (χ0n) is 19.7. The van der Waals surface area contributed by atoms with Crippen molar-refractivity contribution < 1.29 is 14.2 Å². The molecule has 0 radical (unpaired) electrons. The fraction of sp³-hybridized carbons (Fsp3) is 0.320. The third-order valence-corrected chi connectivity index (χ3v) is 6.10. The van der Waals surface area contributed by atoms with Crippen LogP contribution in [0, 0.1) is 5.82 Å². The van der Waals surface area contributed by atoms with Crippen molar-refractivity contribution in [3.05, 3.63) is 60.8 Å². The van der Waals surface area contributed by atoms with E-state index < -0.39 is 5.82 Å². The van der Waals surface area contributed by atoms with Crippen LogP contribution in [-0.2, 0) is 0 Å². The van der Waals surface area contributed by atoms with Gasteiger partial charge in [0, 0.05) is 50.7 Å². The third kappa shape index (κ3) is 4.89. The number of nitrogens with zero attached hydrogens (tertiary/aromatic N) is 6. The van der Waals surface area contributed by atoms with Gasteiger partial charge in [-0.1, -0.05) is 6.07 Å². The lowest BCUT2D eigenvalue weighted by molar-refractivity contribution is 0.122. The van der Waals surface area contributed by atoms with Gasteiger partial charge >= 0.3 is 0 Å². The van der Waals surface area contributed by atoms with Gasteiger partial charge in [0.1, 0.15) is 17.1 Å². The maximum absolute atomic E-state index is 14.7. The number of β-amino-alcohol motifs (C(OH)–C–C–N with tert-alkyl or cyclic N) is 1. The number of hydrogen-bond acceptors (Lipinski definition) is 8. The van der Waals surface area contributed by atoms with Crippen LogP contribution in [0.3, 0.4) is 0 Å². The van der Waals surface area contributed by atoms with E-state index in [1.165, 1.54) is 0 Å². The molecule has 1 atom stereocenters. The molecule has 4 heterocycles. The van der Waals surface area contributed by atoms with E-state index in [4.69, 9.17) is 4.74 Å². The Bertz CT molecular complexity index is 1320. The molecule has 9 nitrogen and oxygen atoms in total. The lowest BCUT2D eigenvalue weighted by Gasteiger charge is -2.36. The smallest absolute Gasteiger partial charge is 0.228 e. The van der Waals surface area contributed by atoms with Crippen LogP contribution in [0.5, 0.6) is 5.75 Å². The normalized spacial score (nSPS) is 15.4. The molecule has 1 aliphatic heterocycles. The van der Waals surface area contributed by atoms with Crippen LogP contribution in [0.4, 0.5) is 21.7 Å². The van der Waals surface area contributed by atoms with Gasteiger partial charge in [0.2, 0.25) is 5.95 Å². The average molecular weight is 478 g/mol. The Balaban J connectivity index is 1.36. The fourth-order valence-electron chi connectivity index (χ4n) is 4.38. The first kappa shape index (κ1) is 23.0. The Hall–Kier alpha value is -3.76. The van der Waals surface area contributed by atoms with Crippen molar-refractivity contribution in [2.45, 2.75) is 13.0 Å². The van der Waals surface area contributed by atoms with E-state index in [1.807, 2.05) is 49.5 Å². The number of hydrogen-bond donors (Lipinski definition) is 2. The summed E-state index contributed by atoms with van der Waals surface area (Å²) >= 11 is 0. The molecule has 2 N–H and O–H groups in total. The number of imidazole rings is 1. The highest BCUT2D eigenvalue weighted by Gasteiger charge is 2.20. The van der Waals surface area contributed by atoms with Gasteiger partial charge in [0.25, 0.3) is 0 Å². The lowest BCUT2D eigenvalue weighted by Crippen LogP contribution is -2.48. The molecule has 35 heavy (non-hydrogen) atoms. The predicted molar refractivity (Wildman–Crippen MR) is 133 cm³/mol. The number of aliphatic hydroxyl groups is 1. The molecule has 182 valence electrons. The van der Waals surface area contributed by atoms with E-state index >= 15 is 0 Å². The van der Waals surface area contributed by atoms with E-state index in [2.05, 4.69) is 30.1 Å². The highest BCUT2D eigenvalue weighted by Crippen LogP contribution is 2.32. The van der Waals surface area contributed by atoms with E-state index in [1.54, 1.807) is 17.7 Å². The van der Waals surface area contributed by atoms with Crippen molar-refractivity contribution in [3.8, 4) is 17.1 Å². The van der Waals surface area contributed by atoms with Crippen LogP contribution < -0.4 is 15.0 Å². The zero-order valence-corrected chi connectivity index (χ0v) is 19.7. The number of pyridine rings is 1. The Morgan fingerprint density at radius 1 is 1.11 bits per heavy atom. The molecular formula is C25H28FN7O2. The SMILES string of the molecule is COc1cc(N2CCN(C[C@H](C)O)CC2)ccc1Nc1ncc(F)c(-c2cnc3ccccn23)n1. The van der Waals surface area contributed by atoms with Crippen LogP contribution in [-0.4, -0.2) is 75.3 Å². The largest absolute Gasteiger partial charge is 0.494 e. The molecule has 1 aromatic carbocycles. The fourth-order valence-corrected chi connectivity index (χ4v) is 4.38. The Kier molecular flexibility index (Phi) is 6.47. The molecular weight excluding hydrogens is 449 g/mol. The van der Waals surface area contributed by atoms with Crippen molar-refractivity contribution >= 4 is 23.0 Å². The first-order valence-electron chi connectivity index (χ1n) is 11.6. The number of halogens is 1. The van der Waals surface area contributed by atoms with Crippen LogP contribution in [0.1, 0.15) is 6.92 Å². The summed E-state index contributed by atoms with van der Waals surface area (Å²) in [6, 6.07) is 11.5. The average Bonchev–Trinajstić information content (AvgIpc) is 3.29. The number of aromatic nitrogens is 4.